The number of hydrogen-bond donors (Lipinski definition) is 1. The highest BCUT2D eigenvalue weighted by atomic mass is 16.6. The fourth-order valence-electron chi connectivity index (χ4n) is 2.76. The first-order valence-electron chi connectivity index (χ1n) is 6.81. The van der Waals surface area contributed by atoms with Crippen molar-refractivity contribution in [1.29, 1.82) is 0 Å². The van der Waals surface area contributed by atoms with Crippen molar-refractivity contribution in [3.8, 4) is 0 Å². The number of benzene rings is 1. The SMILES string of the molecule is CN(Cc1cc([N+](=O)[O-])ccc1N)C1CCCCC1. The molecule has 1 fully saturated rings. The van der Waals surface area contributed by atoms with Crippen LogP contribution in [0.1, 0.15) is 37.7 Å². The van der Waals surface area contributed by atoms with Crippen LogP contribution in [0, 0.1) is 10.1 Å². The van der Waals surface area contributed by atoms with E-state index in [1.165, 1.54) is 38.2 Å². The van der Waals surface area contributed by atoms with E-state index in [1.54, 1.807) is 12.1 Å². The van der Waals surface area contributed by atoms with Gasteiger partial charge in [-0.15, -0.1) is 0 Å². The van der Waals surface area contributed by atoms with Crippen molar-refractivity contribution in [2.24, 2.45) is 0 Å². The molecular weight excluding hydrogens is 242 g/mol. The number of nitrogens with zero attached hydrogens (tertiary/aromatic N) is 2. The van der Waals surface area contributed by atoms with Crippen LogP contribution in [-0.2, 0) is 6.54 Å². The maximum Gasteiger partial charge on any atom is 0.269 e. The predicted octanol–water partition coefficient (Wildman–Crippen LogP) is 2.94. The zero-order valence-corrected chi connectivity index (χ0v) is 11.3. The molecule has 0 aromatic heterocycles. The molecule has 0 saturated heterocycles. The van der Waals surface area contributed by atoms with E-state index in [4.69, 9.17) is 5.73 Å². The highest BCUT2D eigenvalue weighted by molar-refractivity contribution is 5.52. The summed E-state index contributed by atoms with van der Waals surface area (Å²) in [6.07, 6.45) is 6.30. The number of rotatable bonds is 4. The molecule has 0 heterocycles. The number of hydrogen-bond acceptors (Lipinski definition) is 4. The third kappa shape index (κ3) is 3.44. The Bertz CT molecular complexity index is 456. The molecule has 1 aliphatic carbocycles. The smallest absolute Gasteiger partial charge is 0.269 e. The summed E-state index contributed by atoms with van der Waals surface area (Å²) in [5.41, 5.74) is 7.51. The highest BCUT2D eigenvalue weighted by Gasteiger charge is 2.19. The van der Waals surface area contributed by atoms with Gasteiger partial charge in [-0.05, 0) is 31.5 Å². The zero-order valence-electron chi connectivity index (χ0n) is 11.3. The van der Waals surface area contributed by atoms with E-state index in [-0.39, 0.29) is 10.6 Å². The van der Waals surface area contributed by atoms with E-state index in [0.29, 0.717) is 18.3 Å². The minimum absolute atomic E-state index is 0.112. The Morgan fingerprint density at radius 3 is 2.68 bits per heavy atom. The summed E-state index contributed by atoms with van der Waals surface area (Å²) in [6.45, 7) is 0.679. The molecule has 0 radical (unpaired) electrons. The zero-order chi connectivity index (χ0) is 13.8. The Morgan fingerprint density at radius 1 is 1.37 bits per heavy atom. The van der Waals surface area contributed by atoms with Crippen LogP contribution in [0.25, 0.3) is 0 Å². The van der Waals surface area contributed by atoms with Gasteiger partial charge in [0.1, 0.15) is 0 Å². The molecule has 1 aromatic carbocycles. The lowest BCUT2D eigenvalue weighted by Crippen LogP contribution is -2.33. The Hall–Kier alpha value is -1.62. The number of non-ortho nitro benzene ring substituents is 1. The summed E-state index contributed by atoms with van der Waals surface area (Å²) in [5, 5.41) is 10.8. The van der Waals surface area contributed by atoms with Crippen molar-refractivity contribution in [3.05, 3.63) is 33.9 Å². The Labute approximate surface area is 113 Å². The number of anilines is 1. The second kappa shape index (κ2) is 6.02. The van der Waals surface area contributed by atoms with Crippen molar-refractivity contribution in [2.75, 3.05) is 12.8 Å². The van der Waals surface area contributed by atoms with Gasteiger partial charge in [0.25, 0.3) is 5.69 Å². The second-order valence-electron chi connectivity index (χ2n) is 5.35. The fourth-order valence-corrected chi connectivity index (χ4v) is 2.76. The van der Waals surface area contributed by atoms with Crippen molar-refractivity contribution in [1.82, 2.24) is 4.90 Å². The first-order chi connectivity index (χ1) is 9.08. The molecule has 19 heavy (non-hydrogen) atoms. The minimum atomic E-state index is -0.371. The van der Waals surface area contributed by atoms with Crippen LogP contribution in [0.15, 0.2) is 18.2 Å². The van der Waals surface area contributed by atoms with Gasteiger partial charge in [-0.25, -0.2) is 0 Å². The van der Waals surface area contributed by atoms with Gasteiger partial charge in [0.15, 0.2) is 0 Å². The largest absolute Gasteiger partial charge is 0.398 e. The lowest BCUT2D eigenvalue weighted by atomic mass is 9.94. The van der Waals surface area contributed by atoms with Gasteiger partial charge in [0, 0.05) is 30.4 Å². The summed E-state index contributed by atoms with van der Waals surface area (Å²) in [7, 11) is 2.08. The molecule has 104 valence electrons. The van der Waals surface area contributed by atoms with E-state index < -0.39 is 0 Å². The van der Waals surface area contributed by atoms with Crippen LogP contribution < -0.4 is 5.73 Å². The van der Waals surface area contributed by atoms with E-state index in [0.717, 1.165) is 5.56 Å². The summed E-state index contributed by atoms with van der Waals surface area (Å²) in [5.74, 6) is 0. The summed E-state index contributed by atoms with van der Waals surface area (Å²) >= 11 is 0. The van der Waals surface area contributed by atoms with Crippen LogP contribution in [0.3, 0.4) is 0 Å². The molecule has 1 aromatic rings. The van der Waals surface area contributed by atoms with Crippen LogP contribution in [-0.4, -0.2) is 22.9 Å². The first kappa shape index (κ1) is 13.8. The predicted molar refractivity (Wildman–Crippen MR) is 75.8 cm³/mol. The molecule has 0 amide bonds. The maximum absolute atomic E-state index is 10.8. The molecule has 0 bridgehead atoms. The van der Waals surface area contributed by atoms with Crippen LogP contribution in [0.5, 0.6) is 0 Å². The Morgan fingerprint density at radius 2 is 2.05 bits per heavy atom. The molecule has 2 rings (SSSR count). The lowest BCUT2D eigenvalue weighted by Gasteiger charge is -2.31. The van der Waals surface area contributed by atoms with Gasteiger partial charge >= 0.3 is 0 Å². The highest BCUT2D eigenvalue weighted by Crippen LogP contribution is 2.25. The molecule has 1 saturated carbocycles. The average molecular weight is 263 g/mol. The molecule has 1 aliphatic rings. The van der Waals surface area contributed by atoms with E-state index in [2.05, 4.69) is 11.9 Å². The van der Waals surface area contributed by atoms with Crippen LogP contribution in [0.4, 0.5) is 11.4 Å². The van der Waals surface area contributed by atoms with Crippen LogP contribution in [0.2, 0.25) is 0 Å². The molecule has 2 N–H and O–H groups in total. The number of nitro benzene ring substituents is 1. The molecule has 0 unspecified atom stereocenters. The Kier molecular flexibility index (Phi) is 4.37. The van der Waals surface area contributed by atoms with E-state index in [1.807, 2.05) is 0 Å². The number of nitrogen functional groups attached to an aromatic ring is 1. The lowest BCUT2D eigenvalue weighted by molar-refractivity contribution is -0.384. The third-order valence-electron chi connectivity index (χ3n) is 3.96. The molecule has 0 atom stereocenters. The molecule has 0 spiro atoms. The quantitative estimate of drug-likeness (QED) is 0.515. The standard InChI is InChI=1S/C14H21N3O2/c1-16(12-5-3-2-4-6-12)10-11-9-13(17(18)19)7-8-14(11)15/h7-9,12H,2-6,10,15H2,1H3. The normalized spacial score (nSPS) is 16.7. The number of nitro groups is 1. The van der Waals surface area contributed by atoms with E-state index >= 15 is 0 Å². The molecular formula is C14H21N3O2. The number of nitrogens with two attached hydrogens (primary N) is 1. The Balaban J connectivity index is 2.08. The summed E-state index contributed by atoms with van der Waals surface area (Å²) < 4.78 is 0. The molecule has 0 aliphatic heterocycles. The van der Waals surface area contributed by atoms with Gasteiger partial charge in [0.2, 0.25) is 0 Å². The fraction of sp³-hybridized carbons (Fsp3) is 0.571. The van der Waals surface area contributed by atoms with Gasteiger partial charge in [-0.2, -0.15) is 0 Å². The van der Waals surface area contributed by atoms with Gasteiger partial charge in [-0.3, -0.25) is 15.0 Å². The van der Waals surface area contributed by atoms with Gasteiger partial charge in [0.05, 0.1) is 4.92 Å². The third-order valence-corrected chi connectivity index (χ3v) is 3.96. The van der Waals surface area contributed by atoms with Gasteiger partial charge < -0.3 is 5.73 Å². The van der Waals surface area contributed by atoms with Crippen LogP contribution >= 0.6 is 0 Å². The van der Waals surface area contributed by atoms with Crippen molar-refractivity contribution in [2.45, 2.75) is 44.7 Å². The molecule has 5 nitrogen and oxygen atoms in total. The summed E-state index contributed by atoms with van der Waals surface area (Å²) in [4.78, 5) is 12.7. The maximum atomic E-state index is 10.8. The van der Waals surface area contributed by atoms with Crippen molar-refractivity contribution < 1.29 is 4.92 Å². The monoisotopic (exact) mass is 263 g/mol. The molecule has 5 heteroatoms. The topological polar surface area (TPSA) is 72.4 Å². The minimum Gasteiger partial charge on any atom is -0.398 e. The van der Waals surface area contributed by atoms with Gasteiger partial charge in [-0.1, -0.05) is 19.3 Å². The second-order valence-corrected chi connectivity index (χ2v) is 5.35. The van der Waals surface area contributed by atoms with Crippen molar-refractivity contribution in [3.63, 3.8) is 0 Å². The first-order valence-corrected chi connectivity index (χ1v) is 6.81. The van der Waals surface area contributed by atoms with E-state index in [9.17, 15) is 10.1 Å². The summed E-state index contributed by atoms with van der Waals surface area (Å²) in [6, 6.07) is 5.25. The van der Waals surface area contributed by atoms with Crippen molar-refractivity contribution >= 4 is 11.4 Å². The average Bonchev–Trinajstić information content (AvgIpc) is 2.42.